The Kier molecular flexibility index (Phi) is 5.84. The van der Waals surface area contributed by atoms with Crippen LogP contribution >= 0.6 is 22.9 Å². The molecule has 0 spiro atoms. The summed E-state index contributed by atoms with van der Waals surface area (Å²) >= 11 is 7.08. The number of sulfonamides is 1. The van der Waals surface area contributed by atoms with Crippen molar-refractivity contribution in [2.75, 3.05) is 25.4 Å². The van der Waals surface area contributed by atoms with Crippen LogP contribution in [0.3, 0.4) is 0 Å². The highest BCUT2D eigenvalue weighted by molar-refractivity contribution is 7.89. The first-order valence-electron chi connectivity index (χ1n) is 7.04. The van der Waals surface area contributed by atoms with Crippen LogP contribution < -0.4 is 10.0 Å². The number of amides is 1. The fourth-order valence-electron chi connectivity index (χ4n) is 2.16. The van der Waals surface area contributed by atoms with E-state index < -0.39 is 10.0 Å². The number of carbonyl (C=O) groups is 1. The number of carbonyl (C=O) groups excluding carboxylic acids is 1. The second-order valence-corrected chi connectivity index (χ2v) is 8.73. The number of rotatable bonds is 7. The van der Waals surface area contributed by atoms with Crippen LogP contribution in [0.5, 0.6) is 0 Å². The second-order valence-electron chi connectivity index (χ2n) is 5.53. The van der Waals surface area contributed by atoms with E-state index in [1.807, 2.05) is 0 Å². The third-order valence-electron chi connectivity index (χ3n) is 3.47. The molecule has 124 valence electrons. The zero-order valence-electron chi connectivity index (χ0n) is 12.5. The highest BCUT2D eigenvalue weighted by Gasteiger charge is 2.31. The van der Waals surface area contributed by atoms with Crippen molar-refractivity contribution in [1.29, 1.82) is 0 Å². The molecule has 1 amide bonds. The topological polar surface area (TPSA) is 78.5 Å². The fourth-order valence-corrected chi connectivity index (χ4v) is 4.36. The summed E-state index contributed by atoms with van der Waals surface area (Å²) in [6.45, 7) is 5.68. The molecule has 1 fully saturated rings. The number of thiophene rings is 1. The van der Waals surface area contributed by atoms with E-state index in [4.69, 9.17) is 11.6 Å². The van der Waals surface area contributed by atoms with Gasteiger partial charge in [-0.25, -0.2) is 13.1 Å². The third kappa shape index (κ3) is 4.66. The molecule has 0 aromatic carbocycles. The summed E-state index contributed by atoms with van der Waals surface area (Å²) in [5.74, 6) is -0.482. The van der Waals surface area contributed by atoms with Gasteiger partial charge in [0.15, 0.2) is 0 Å². The molecule has 0 bridgehead atoms. The summed E-state index contributed by atoms with van der Waals surface area (Å²) in [6.07, 6.45) is 0. The Morgan fingerprint density at radius 3 is 2.73 bits per heavy atom. The molecule has 1 saturated heterocycles. The largest absolute Gasteiger partial charge is 0.350 e. The van der Waals surface area contributed by atoms with Crippen LogP contribution in [0.25, 0.3) is 0 Å². The molecule has 1 aromatic heterocycles. The minimum absolute atomic E-state index is 0.0326. The molecule has 0 radical (unpaired) electrons. The lowest BCUT2D eigenvalue weighted by molar-refractivity contribution is 0.0960. The maximum Gasteiger partial charge on any atom is 0.262 e. The van der Waals surface area contributed by atoms with Gasteiger partial charge in [-0.15, -0.1) is 11.3 Å². The summed E-state index contributed by atoms with van der Waals surface area (Å²) in [4.78, 5) is 14.4. The predicted octanol–water partition coefficient (Wildman–Crippen LogP) is 1.14. The Balaban J connectivity index is 1.72. The zero-order valence-corrected chi connectivity index (χ0v) is 14.9. The highest BCUT2D eigenvalue weighted by Crippen LogP contribution is 2.21. The van der Waals surface area contributed by atoms with Gasteiger partial charge in [-0.2, -0.15) is 0 Å². The van der Waals surface area contributed by atoms with Crippen molar-refractivity contribution in [2.24, 2.45) is 0 Å². The van der Waals surface area contributed by atoms with Crippen LogP contribution in [0.2, 0.25) is 5.02 Å². The average Bonchev–Trinajstić information content (AvgIpc) is 2.79. The Labute approximate surface area is 139 Å². The first kappa shape index (κ1) is 17.7. The van der Waals surface area contributed by atoms with Crippen LogP contribution in [0.15, 0.2) is 11.4 Å². The van der Waals surface area contributed by atoms with Crippen LogP contribution in [0.4, 0.5) is 0 Å². The van der Waals surface area contributed by atoms with E-state index in [2.05, 4.69) is 28.8 Å². The first-order valence-corrected chi connectivity index (χ1v) is 9.95. The van der Waals surface area contributed by atoms with E-state index in [0.29, 0.717) is 15.9 Å². The summed E-state index contributed by atoms with van der Waals surface area (Å²) < 4.78 is 26.5. The van der Waals surface area contributed by atoms with Crippen molar-refractivity contribution in [2.45, 2.75) is 25.9 Å². The molecule has 9 heteroatoms. The number of likely N-dealkylation sites (tertiary alicyclic amines) is 1. The normalized spacial score (nSPS) is 16.7. The standard InChI is InChI=1S/C13H20ClN3O3S2/c1-9(2)17-7-10(8-17)16-22(19,20)6-4-15-13(18)12-11(14)3-5-21-12/h3,5,9-10,16H,4,6-8H2,1-2H3,(H,15,18). The van der Waals surface area contributed by atoms with Gasteiger partial charge in [0.2, 0.25) is 10.0 Å². The molecule has 2 heterocycles. The van der Waals surface area contributed by atoms with Gasteiger partial charge in [-0.1, -0.05) is 11.6 Å². The number of hydrogen-bond donors (Lipinski definition) is 2. The lowest BCUT2D eigenvalue weighted by Crippen LogP contribution is -2.61. The molecule has 0 unspecified atom stereocenters. The fraction of sp³-hybridized carbons (Fsp3) is 0.615. The molecule has 2 N–H and O–H groups in total. The molecule has 22 heavy (non-hydrogen) atoms. The molecule has 2 rings (SSSR count). The number of nitrogens with zero attached hydrogens (tertiary/aromatic N) is 1. The highest BCUT2D eigenvalue weighted by atomic mass is 35.5. The maximum atomic E-state index is 11.9. The average molecular weight is 366 g/mol. The SMILES string of the molecule is CC(C)N1CC(NS(=O)(=O)CCNC(=O)c2sccc2Cl)C1. The van der Waals surface area contributed by atoms with Gasteiger partial charge in [0.05, 0.1) is 10.8 Å². The van der Waals surface area contributed by atoms with Crippen molar-refractivity contribution < 1.29 is 13.2 Å². The van der Waals surface area contributed by atoms with Gasteiger partial charge < -0.3 is 5.32 Å². The Bertz CT molecular complexity index is 624. The van der Waals surface area contributed by atoms with Gasteiger partial charge in [-0.3, -0.25) is 9.69 Å². The van der Waals surface area contributed by atoms with Crippen LogP contribution in [-0.4, -0.2) is 56.7 Å². The minimum atomic E-state index is -3.39. The lowest BCUT2D eigenvalue weighted by Gasteiger charge is -2.42. The number of nitrogens with one attached hydrogen (secondary N) is 2. The molecular weight excluding hydrogens is 346 g/mol. The van der Waals surface area contributed by atoms with Crippen LogP contribution in [-0.2, 0) is 10.0 Å². The summed E-state index contributed by atoms with van der Waals surface area (Å²) in [7, 11) is -3.39. The Morgan fingerprint density at radius 2 is 2.18 bits per heavy atom. The van der Waals surface area contributed by atoms with Crippen molar-refractivity contribution in [3.05, 3.63) is 21.3 Å². The van der Waals surface area contributed by atoms with E-state index in [1.165, 1.54) is 11.3 Å². The van der Waals surface area contributed by atoms with Crippen molar-refractivity contribution in [1.82, 2.24) is 14.9 Å². The van der Waals surface area contributed by atoms with E-state index in [0.717, 1.165) is 13.1 Å². The zero-order chi connectivity index (χ0) is 16.3. The van der Waals surface area contributed by atoms with E-state index in [-0.39, 0.29) is 24.2 Å². The third-order valence-corrected chi connectivity index (χ3v) is 6.24. The lowest BCUT2D eigenvalue weighted by atomic mass is 10.1. The van der Waals surface area contributed by atoms with Crippen molar-refractivity contribution >= 4 is 38.9 Å². The smallest absolute Gasteiger partial charge is 0.262 e. The van der Waals surface area contributed by atoms with Crippen LogP contribution in [0.1, 0.15) is 23.5 Å². The molecular formula is C13H20ClN3O3S2. The predicted molar refractivity (Wildman–Crippen MR) is 89.1 cm³/mol. The number of hydrogen-bond acceptors (Lipinski definition) is 5. The molecule has 1 aromatic rings. The second kappa shape index (κ2) is 7.27. The minimum Gasteiger partial charge on any atom is -0.350 e. The van der Waals surface area contributed by atoms with Crippen molar-refractivity contribution in [3.8, 4) is 0 Å². The van der Waals surface area contributed by atoms with Crippen LogP contribution in [0, 0.1) is 0 Å². The van der Waals surface area contributed by atoms with Crippen molar-refractivity contribution in [3.63, 3.8) is 0 Å². The summed E-state index contributed by atoms with van der Waals surface area (Å²) in [5.41, 5.74) is 0. The first-order chi connectivity index (χ1) is 10.3. The van der Waals surface area contributed by atoms with E-state index >= 15 is 0 Å². The van der Waals surface area contributed by atoms with E-state index in [9.17, 15) is 13.2 Å². The molecule has 6 nitrogen and oxygen atoms in total. The molecule has 0 aliphatic carbocycles. The Morgan fingerprint density at radius 1 is 1.50 bits per heavy atom. The molecule has 1 aliphatic rings. The summed E-state index contributed by atoms with van der Waals surface area (Å²) in [6, 6.07) is 2.03. The van der Waals surface area contributed by atoms with Gasteiger partial charge in [-0.05, 0) is 25.3 Å². The quantitative estimate of drug-likeness (QED) is 0.759. The monoisotopic (exact) mass is 365 g/mol. The maximum absolute atomic E-state index is 11.9. The molecule has 0 saturated carbocycles. The molecule has 0 atom stereocenters. The summed E-state index contributed by atoms with van der Waals surface area (Å²) in [5, 5.41) is 4.67. The van der Waals surface area contributed by atoms with E-state index in [1.54, 1.807) is 11.4 Å². The number of halogens is 1. The Hall–Kier alpha value is -0.670. The van der Waals surface area contributed by atoms with Gasteiger partial charge in [0, 0.05) is 31.7 Å². The van der Waals surface area contributed by atoms with Gasteiger partial charge in [0.1, 0.15) is 4.88 Å². The van der Waals surface area contributed by atoms with Gasteiger partial charge in [0.25, 0.3) is 5.91 Å². The molecule has 1 aliphatic heterocycles. The van der Waals surface area contributed by atoms with Gasteiger partial charge >= 0.3 is 0 Å².